The van der Waals surface area contributed by atoms with Crippen molar-refractivity contribution in [3.8, 4) is 0 Å². The predicted octanol–water partition coefficient (Wildman–Crippen LogP) is 12.0. The molecule has 0 saturated heterocycles. The largest absolute Gasteiger partial charge is 4.00 e. The second-order valence-corrected chi connectivity index (χ2v) is 19.8. The van der Waals surface area contributed by atoms with Crippen LogP contribution in [0, 0.1) is 19.1 Å². The molecule has 0 unspecified atom stereocenters. The Balaban J connectivity index is 0. The molecule has 4 rings (SSSR count). The van der Waals surface area contributed by atoms with Gasteiger partial charge in [0.1, 0.15) is 0 Å². The summed E-state index contributed by atoms with van der Waals surface area (Å²) in [5.74, 6) is 0. The number of nitrogens with zero attached hydrogens (tertiary/aromatic N) is 8. The van der Waals surface area contributed by atoms with Crippen LogP contribution in [0.25, 0.3) is 0 Å². The molecule has 0 aliphatic carbocycles. The van der Waals surface area contributed by atoms with Gasteiger partial charge in [-0.3, -0.25) is 0 Å². The maximum atomic E-state index is 5.35. The Morgan fingerprint density at radius 1 is 0.259 bits per heavy atom. The first-order valence-corrected chi connectivity index (χ1v) is 23.2. The Morgan fingerprint density at radius 2 is 0.328 bits per heavy atom. The average Bonchev–Trinajstić information content (AvgIpc) is 3.61. The van der Waals surface area contributed by atoms with E-state index in [1.165, 1.54) is 0 Å². The Bertz CT molecular complexity index is 1730. The van der Waals surface area contributed by atoms with Gasteiger partial charge in [0.2, 0.25) is 0 Å². The zero-order chi connectivity index (χ0) is 44.2. The number of rotatable bonds is 8. The van der Waals surface area contributed by atoms with Crippen molar-refractivity contribution in [2.75, 3.05) is 0 Å². The van der Waals surface area contributed by atoms with Crippen LogP contribution in [-0.2, 0) is 139 Å². The monoisotopic (exact) mass is 1240 g/mol. The molecule has 0 amide bonds. The van der Waals surface area contributed by atoms with Gasteiger partial charge < -0.3 is 138 Å². The molecule has 0 saturated carbocycles. The second kappa shape index (κ2) is 25.8. The fraction of sp³-hybridized carbons (Fsp3) is 0.667. The smallest absolute Gasteiger partial charge is 0.762 e. The summed E-state index contributed by atoms with van der Waals surface area (Å²) in [6, 6.07) is 2.20. The van der Waals surface area contributed by atoms with Gasteiger partial charge in [-0.2, -0.15) is 0 Å². The first kappa shape index (κ1) is 60.8. The second-order valence-electron chi connectivity index (χ2n) is 15.3. The van der Waals surface area contributed by atoms with Crippen LogP contribution >= 0.6 is 48.9 Å². The van der Waals surface area contributed by atoms with Crippen LogP contribution < -0.4 is 0 Å². The molecule has 0 spiro atoms. The van der Waals surface area contributed by atoms with Crippen molar-refractivity contribution >= 4 is 150 Å². The zero-order valence-corrected chi connectivity index (χ0v) is 48.8. The van der Waals surface area contributed by atoms with Crippen LogP contribution in [-0.4, -0.2) is 36.5 Å². The van der Waals surface area contributed by atoms with Gasteiger partial charge in [0.05, 0.1) is 0 Å². The number of imidazole rings is 4. The van der Waals surface area contributed by atoms with E-state index in [1.807, 2.05) is 36.5 Å². The van der Waals surface area contributed by atoms with Gasteiger partial charge in [0.15, 0.2) is 19.1 Å². The maximum absolute atomic E-state index is 5.35. The first-order valence-electron chi connectivity index (χ1n) is 18.3. The summed E-state index contributed by atoms with van der Waals surface area (Å²) >= 11 is 63.5. The Labute approximate surface area is 437 Å². The van der Waals surface area contributed by atoms with Crippen LogP contribution in [0.1, 0.15) is 159 Å². The van der Waals surface area contributed by atoms with Crippen LogP contribution in [0.15, 0.2) is 40.2 Å². The molecule has 0 fully saturated rings. The average molecular weight is 1240 g/mol. The Morgan fingerprint density at radius 3 is 0.362 bits per heavy atom. The minimum absolute atomic E-state index is 0. The third kappa shape index (κ3) is 13.8. The molecule has 0 aliphatic heterocycles. The van der Waals surface area contributed by atoms with Crippen molar-refractivity contribution in [1.82, 2.24) is 36.5 Å². The SMILES string of the molecule is CC(C)n1c([S-])c([S-])n(C(C)C)c1=S.CC(C)n1c([S-])c([S-])n(C(C)C)c1=S.CC(C)n1c([S-])c([S-])n(C(C)C)c1=S.CC(C)n1c([S-])c([S-])n(C(C)C)c1=S.[Ni].[Pt+4]. The Hall–Kier alpha value is 0.662. The molecular weight excluding hydrogens is 1180 g/mol. The standard InChI is InChI=1S/4C9H16N2S3.Ni.Pt/c4*1-5(2)10-7(12)8(13)11(6(3)4)9(10)14;;/h4*5-6,12-13H,1-4H3;;/q;;;;;+4/p-8. The van der Waals surface area contributed by atoms with Crippen molar-refractivity contribution < 1.29 is 37.6 Å². The quantitative estimate of drug-likeness (QED) is 0.0959. The summed E-state index contributed by atoms with van der Waals surface area (Å²) in [6.45, 7) is 33.0. The van der Waals surface area contributed by atoms with E-state index >= 15 is 0 Å². The molecule has 4 heterocycles. The summed E-state index contributed by atoms with van der Waals surface area (Å²) in [6.07, 6.45) is 0. The molecule has 336 valence electrons. The number of aromatic nitrogens is 8. The molecule has 0 N–H and O–H groups in total. The van der Waals surface area contributed by atoms with E-state index in [1.54, 1.807) is 0 Å². The van der Waals surface area contributed by atoms with E-state index < -0.39 is 0 Å². The zero-order valence-electron chi connectivity index (χ0n) is 35.7. The van der Waals surface area contributed by atoms with Gasteiger partial charge in [-0.1, -0.05) is 0 Å². The van der Waals surface area contributed by atoms with E-state index in [2.05, 4.69) is 111 Å². The van der Waals surface area contributed by atoms with E-state index in [4.69, 9.17) is 150 Å². The van der Waals surface area contributed by atoms with Crippen molar-refractivity contribution in [1.29, 1.82) is 0 Å². The van der Waals surface area contributed by atoms with Crippen molar-refractivity contribution in [2.45, 2.75) is 199 Å². The summed E-state index contributed by atoms with van der Waals surface area (Å²) in [5.41, 5.74) is 0. The van der Waals surface area contributed by atoms with Crippen molar-refractivity contribution in [3.63, 3.8) is 0 Å². The normalized spacial score (nSPS) is 11.2. The molecule has 0 bridgehead atoms. The van der Waals surface area contributed by atoms with Gasteiger partial charge >= 0.3 is 21.1 Å². The third-order valence-corrected chi connectivity index (χ3v) is 13.5. The van der Waals surface area contributed by atoms with Gasteiger partial charge in [0.25, 0.3) is 0 Å². The van der Waals surface area contributed by atoms with E-state index in [0.717, 1.165) is 19.1 Å². The van der Waals surface area contributed by atoms with Crippen molar-refractivity contribution in [2.24, 2.45) is 0 Å². The fourth-order valence-electron chi connectivity index (χ4n) is 5.63. The fourth-order valence-corrected chi connectivity index (χ4v) is 11.7. The Kier molecular flexibility index (Phi) is 27.1. The van der Waals surface area contributed by atoms with E-state index in [9.17, 15) is 0 Å². The predicted molar refractivity (Wildman–Crippen MR) is 261 cm³/mol. The molecule has 0 aromatic carbocycles. The number of hydrogen-bond donors (Lipinski definition) is 0. The summed E-state index contributed by atoms with van der Waals surface area (Å²) in [5, 5.41) is 5.51. The minimum Gasteiger partial charge on any atom is -0.762 e. The summed E-state index contributed by atoms with van der Waals surface area (Å²) in [4.78, 5) is 0. The van der Waals surface area contributed by atoms with E-state index in [-0.39, 0.29) is 85.9 Å². The first-order chi connectivity index (χ1) is 25.5. The topological polar surface area (TPSA) is 39.4 Å². The van der Waals surface area contributed by atoms with Crippen LogP contribution in [0.5, 0.6) is 0 Å². The summed E-state index contributed by atoms with van der Waals surface area (Å²) < 4.78 is 18.5. The maximum Gasteiger partial charge on any atom is 4.00 e. The van der Waals surface area contributed by atoms with Crippen molar-refractivity contribution in [3.05, 3.63) is 19.1 Å². The van der Waals surface area contributed by atoms with Crippen LogP contribution in [0.3, 0.4) is 0 Å². The van der Waals surface area contributed by atoms with Crippen LogP contribution in [0.4, 0.5) is 0 Å². The molecule has 0 radical (unpaired) electrons. The van der Waals surface area contributed by atoms with Crippen LogP contribution in [0.2, 0.25) is 0 Å². The molecule has 4 aromatic heterocycles. The molecule has 8 nitrogen and oxygen atoms in total. The minimum atomic E-state index is 0. The van der Waals surface area contributed by atoms with Gasteiger partial charge in [0, 0.05) is 64.8 Å². The molecule has 22 heteroatoms. The van der Waals surface area contributed by atoms with E-state index in [0.29, 0.717) is 40.2 Å². The molecule has 4 aromatic rings. The van der Waals surface area contributed by atoms with Gasteiger partial charge in [-0.05, 0) is 160 Å². The molecular formula is C36H56N8NiPtS12-4. The third-order valence-electron chi connectivity index (χ3n) is 8.26. The molecule has 0 atom stereocenters. The summed E-state index contributed by atoms with van der Waals surface area (Å²) in [7, 11) is 0. The number of hydrogen-bond acceptors (Lipinski definition) is 12. The van der Waals surface area contributed by atoms with Gasteiger partial charge in [-0.15, -0.1) is 40.2 Å². The molecule has 58 heavy (non-hydrogen) atoms. The molecule has 0 aliphatic rings. The van der Waals surface area contributed by atoms with Gasteiger partial charge in [-0.25, -0.2) is 0 Å².